The van der Waals surface area contributed by atoms with Crippen molar-refractivity contribution in [3.8, 4) is 11.4 Å². The molecule has 2 aromatic rings. The summed E-state index contributed by atoms with van der Waals surface area (Å²) in [5.74, 6) is -0.229. The molecule has 1 amide bonds. The third-order valence-corrected chi connectivity index (χ3v) is 5.24. The van der Waals surface area contributed by atoms with E-state index in [0.29, 0.717) is 5.17 Å². The molecule has 8 heteroatoms. The van der Waals surface area contributed by atoms with Gasteiger partial charge in [0, 0.05) is 23.1 Å². The lowest BCUT2D eigenvalue weighted by Crippen LogP contribution is -2.35. The normalized spacial score (nSPS) is 18.0. The number of phenolic OH excluding ortho intramolecular Hbond substituents is 1. The molecular weight excluding hydrogens is 362 g/mol. The van der Waals surface area contributed by atoms with Crippen LogP contribution in [0.3, 0.4) is 0 Å². The number of hydrazone groups is 1. The Bertz CT molecular complexity index is 1090. The number of nitrogens with zero attached hydrogens (tertiary/aromatic N) is 4. The second-order valence-electron chi connectivity index (χ2n) is 6.32. The number of amides is 1. The van der Waals surface area contributed by atoms with Gasteiger partial charge < -0.3 is 9.67 Å². The van der Waals surface area contributed by atoms with Crippen LogP contribution in [0.2, 0.25) is 0 Å². The average molecular weight is 379 g/mol. The van der Waals surface area contributed by atoms with Crippen molar-refractivity contribution in [2.45, 2.75) is 20.8 Å². The summed E-state index contributed by atoms with van der Waals surface area (Å²) in [5, 5.41) is 24.9. The Morgan fingerprint density at radius 1 is 1.22 bits per heavy atom. The number of aromatic hydroxyl groups is 1. The number of aromatic nitrogens is 1. The maximum atomic E-state index is 12.4. The fourth-order valence-electron chi connectivity index (χ4n) is 3.21. The predicted octanol–water partition coefficient (Wildman–Crippen LogP) is 3.44. The molecule has 0 bridgehead atoms. The molecule has 4 rings (SSSR count). The van der Waals surface area contributed by atoms with E-state index in [2.05, 4.69) is 10.1 Å². The molecule has 0 saturated heterocycles. The second-order valence-corrected chi connectivity index (χ2v) is 7.48. The molecule has 0 radical (unpaired) electrons. The first-order valence-corrected chi connectivity index (χ1v) is 9.12. The Balaban J connectivity index is 1.78. The largest absolute Gasteiger partial charge is 0.508 e. The summed E-state index contributed by atoms with van der Waals surface area (Å²) in [6.07, 6.45) is 1.68. The van der Waals surface area contributed by atoms with E-state index < -0.39 is 5.91 Å². The number of aryl methyl sites for hydroxylation is 1. The number of aliphatic imine (C=N–C) groups is 1. The fourth-order valence-corrected chi connectivity index (χ4v) is 3.94. The van der Waals surface area contributed by atoms with Gasteiger partial charge in [-0.05, 0) is 62.4 Å². The molecule has 1 aromatic heterocycles. The summed E-state index contributed by atoms with van der Waals surface area (Å²) in [4.78, 5) is 16.5. The highest BCUT2D eigenvalue weighted by Crippen LogP contribution is 2.30. The Labute approximate surface area is 160 Å². The maximum Gasteiger partial charge on any atom is 0.283 e. The molecule has 0 spiro atoms. The van der Waals surface area contributed by atoms with E-state index in [9.17, 15) is 9.90 Å². The number of fused-ring (bicyclic) bond motifs is 1. The highest BCUT2D eigenvalue weighted by atomic mass is 32.2. The zero-order chi connectivity index (χ0) is 19.3. The summed E-state index contributed by atoms with van der Waals surface area (Å²) in [7, 11) is 0. The van der Waals surface area contributed by atoms with E-state index >= 15 is 0 Å². The third-order valence-electron chi connectivity index (χ3n) is 4.41. The Hall–Kier alpha value is -3.13. The predicted molar refractivity (Wildman–Crippen MR) is 108 cm³/mol. The van der Waals surface area contributed by atoms with Crippen LogP contribution in [-0.4, -0.2) is 36.6 Å². The highest BCUT2D eigenvalue weighted by Gasteiger charge is 2.34. The monoisotopic (exact) mass is 379 g/mol. The molecular formula is C19H17N5O2S. The van der Waals surface area contributed by atoms with Crippen LogP contribution in [0.5, 0.6) is 5.75 Å². The Kier molecular flexibility index (Phi) is 4.00. The van der Waals surface area contributed by atoms with Crippen molar-refractivity contribution in [1.29, 1.82) is 5.41 Å². The number of amidine groups is 2. The SMILES string of the molecule is CC1=NN2C(=N)C(=Cc3cc(C)n(-c4cccc(O)c4)c3C)C(=O)N=C2S1. The summed E-state index contributed by atoms with van der Waals surface area (Å²) < 4.78 is 1.99. The van der Waals surface area contributed by atoms with E-state index in [1.807, 2.05) is 37.5 Å². The fraction of sp³-hybridized carbons (Fsp3) is 0.158. The quantitative estimate of drug-likeness (QED) is 0.782. The van der Waals surface area contributed by atoms with Gasteiger partial charge in [-0.3, -0.25) is 10.2 Å². The molecule has 2 aliphatic rings. The third kappa shape index (κ3) is 2.87. The lowest BCUT2D eigenvalue weighted by molar-refractivity contribution is -0.114. The van der Waals surface area contributed by atoms with Crippen LogP contribution in [0.1, 0.15) is 23.9 Å². The van der Waals surface area contributed by atoms with Gasteiger partial charge in [-0.2, -0.15) is 15.1 Å². The molecule has 3 heterocycles. The zero-order valence-corrected chi connectivity index (χ0v) is 15.8. The molecule has 0 unspecified atom stereocenters. The van der Waals surface area contributed by atoms with Crippen molar-refractivity contribution < 1.29 is 9.90 Å². The molecule has 0 aliphatic carbocycles. The number of phenols is 1. The van der Waals surface area contributed by atoms with E-state index in [4.69, 9.17) is 5.41 Å². The number of rotatable bonds is 2. The second kappa shape index (κ2) is 6.24. The van der Waals surface area contributed by atoms with E-state index in [1.54, 1.807) is 24.3 Å². The van der Waals surface area contributed by atoms with E-state index in [1.165, 1.54) is 16.8 Å². The topological polar surface area (TPSA) is 94.0 Å². The van der Waals surface area contributed by atoms with Crippen LogP contribution in [0, 0.1) is 19.3 Å². The van der Waals surface area contributed by atoms with Gasteiger partial charge >= 0.3 is 0 Å². The van der Waals surface area contributed by atoms with Crippen molar-refractivity contribution in [3.63, 3.8) is 0 Å². The van der Waals surface area contributed by atoms with Crippen molar-refractivity contribution in [1.82, 2.24) is 9.58 Å². The minimum Gasteiger partial charge on any atom is -0.508 e. The lowest BCUT2D eigenvalue weighted by Gasteiger charge is -2.20. The molecule has 0 atom stereocenters. The number of hydrogen-bond acceptors (Lipinski definition) is 5. The van der Waals surface area contributed by atoms with Crippen molar-refractivity contribution >= 4 is 39.8 Å². The molecule has 1 aromatic carbocycles. The number of hydrogen-bond donors (Lipinski definition) is 2. The first-order valence-electron chi connectivity index (χ1n) is 8.30. The van der Waals surface area contributed by atoms with Gasteiger partial charge in [0.25, 0.3) is 5.91 Å². The highest BCUT2D eigenvalue weighted by molar-refractivity contribution is 8.26. The van der Waals surface area contributed by atoms with E-state index in [0.717, 1.165) is 27.7 Å². The molecule has 2 aliphatic heterocycles. The van der Waals surface area contributed by atoms with Crippen molar-refractivity contribution in [3.05, 3.63) is 52.9 Å². The van der Waals surface area contributed by atoms with Crippen LogP contribution in [0.15, 0.2) is 46.0 Å². The van der Waals surface area contributed by atoms with Crippen molar-refractivity contribution in [2.24, 2.45) is 10.1 Å². The van der Waals surface area contributed by atoms with Crippen LogP contribution < -0.4 is 0 Å². The minimum absolute atomic E-state index is 0.0245. The molecule has 7 nitrogen and oxygen atoms in total. The number of carbonyl (C=O) groups excluding carboxylic acids is 1. The van der Waals surface area contributed by atoms with Gasteiger partial charge in [0.2, 0.25) is 5.17 Å². The summed E-state index contributed by atoms with van der Waals surface area (Å²) in [6.45, 7) is 5.70. The van der Waals surface area contributed by atoms with Crippen LogP contribution in [0.4, 0.5) is 0 Å². The number of benzene rings is 1. The van der Waals surface area contributed by atoms with Crippen LogP contribution in [0.25, 0.3) is 11.8 Å². The van der Waals surface area contributed by atoms with Gasteiger partial charge in [-0.1, -0.05) is 6.07 Å². The van der Waals surface area contributed by atoms with Gasteiger partial charge in [-0.15, -0.1) is 0 Å². The first-order chi connectivity index (χ1) is 12.8. The smallest absolute Gasteiger partial charge is 0.283 e. The summed E-state index contributed by atoms with van der Waals surface area (Å²) in [5.41, 5.74) is 3.70. The molecule has 136 valence electrons. The van der Waals surface area contributed by atoms with Gasteiger partial charge in [0.05, 0.1) is 10.6 Å². The number of carbonyl (C=O) groups is 1. The maximum absolute atomic E-state index is 12.4. The van der Waals surface area contributed by atoms with Crippen molar-refractivity contribution in [2.75, 3.05) is 0 Å². The Morgan fingerprint density at radius 3 is 2.74 bits per heavy atom. The van der Waals surface area contributed by atoms with Gasteiger partial charge in [-0.25, -0.2) is 0 Å². The molecule has 2 N–H and O–H groups in total. The molecule has 27 heavy (non-hydrogen) atoms. The molecule has 0 saturated carbocycles. The number of nitrogens with one attached hydrogen (secondary N) is 1. The minimum atomic E-state index is -0.439. The zero-order valence-electron chi connectivity index (χ0n) is 15.0. The van der Waals surface area contributed by atoms with Crippen LogP contribution >= 0.6 is 11.8 Å². The standard InChI is InChI=1S/C19H17N5O2S/c1-10-7-13(11(2)23(10)14-5-4-6-15(25)9-14)8-16-17(20)24-19(21-18(16)26)27-12(3)22-24/h4-9,20,25H,1-3H3. The summed E-state index contributed by atoms with van der Waals surface area (Å²) >= 11 is 1.28. The Morgan fingerprint density at radius 2 is 2.00 bits per heavy atom. The first kappa shape index (κ1) is 17.3. The lowest BCUT2D eigenvalue weighted by atomic mass is 10.1. The van der Waals surface area contributed by atoms with Gasteiger partial charge in [0.1, 0.15) is 5.75 Å². The average Bonchev–Trinajstić information content (AvgIpc) is 3.10. The summed E-state index contributed by atoms with van der Waals surface area (Å²) in [6, 6.07) is 8.93. The van der Waals surface area contributed by atoms with Gasteiger partial charge in [0.15, 0.2) is 5.84 Å². The van der Waals surface area contributed by atoms with Crippen LogP contribution in [-0.2, 0) is 4.79 Å². The van der Waals surface area contributed by atoms with E-state index in [-0.39, 0.29) is 17.2 Å². The molecule has 0 fully saturated rings. The number of thioether (sulfide) groups is 1.